The van der Waals surface area contributed by atoms with Crippen LogP contribution in [0.15, 0.2) is 41.6 Å². The van der Waals surface area contributed by atoms with Gasteiger partial charge in [-0.05, 0) is 43.5 Å². The predicted octanol–water partition coefficient (Wildman–Crippen LogP) is 3.61. The van der Waals surface area contributed by atoms with Gasteiger partial charge >= 0.3 is 0 Å². The van der Waals surface area contributed by atoms with E-state index in [-0.39, 0.29) is 22.8 Å². The maximum absolute atomic E-state index is 12.7. The second-order valence-electron chi connectivity index (χ2n) is 7.09. The first-order valence-electron chi connectivity index (χ1n) is 9.06. The van der Waals surface area contributed by atoms with Crippen molar-refractivity contribution in [2.45, 2.75) is 30.7 Å². The number of hydrogen-bond donors (Lipinski definition) is 1. The minimum absolute atomic E-state index is 0.0877. The third-order valence-electron chi connectivity index (χ3n) is 5.06. The third kappa shape index (κ3) is 4.54. The van der Waals surface area contributed by atoms with Crippen LogP contribution in [-0.2, 0) is 21.9 Å². The standard InChI is InChI=1S/C19H23Cl2N3O3S/c1-13(17-4-3-15(20)11-18(17)21)22-19(25)14-5-9-24(10-6-14)28(26,27)16-7-8-23(2)12-16/h3-4,7-8,11-14H,5-6,9-10H2,1-2H3,(H,22,25). The van der Waals surface area contributed by atoms with E-state index >= 15 is 0 Å². The highest BCUT2D eigenvalue weighted by Crippen LogP contribution is 2.28. The number of carbonyl (C=O) groups is 1. The molecule has 1 aliphatic rings. The van der Waals surface area contributed by atoms with E-state index in [2.05, 4.69) is 5.32 Å². The van der Waals surface area contributed by atoms with Crippen molar-refractivity contribution in [2.75, 3.05) is 13.1 Å². The number of aryl methyl sites for hydroxylation is 1. The van der Waals surface area contributed by atoms with Gasteiger partial charge in [-0.1, -0.05) is 29.3 Å². The molecule has 3 rings (SSSR count). The fourth-order valence-electron chi connectivity index (χ4n) is 3.40. The van der Waals surface area contributed by atoms with Crippen LogP contribution < -0.4 is 5.32 Å². The molecule has 1 aliphatic heterocycles. The highest BCUT2D eigenvalue weighted by Gasteiger charge is 2.32. The van der Waals surface area contributed by atoms with Crippen molar-refractivity contribution in [3.05, 3.63) is 52.3 Å². The maximum Gasteiger partial charge on any atom is 0.244 e. The largest absolute Gasteiger partial charge is 0.356 e. The fraction of sp³-hybridized carbons (Fsp3) is 0.421. The number of hydrogen-bond acceptors (Lipinski definition) is 3. The molecule has 1 amide bonds. The van der Waals surface area contributed by atoms with Crippen LogP contribution in [0.3, 0.4) is 0 Å². The second-order valence-corrected chi connectivity index (χ2v) is 9.87. The van der Waals surface area contributed by atoms with Crippen LogP contribution >= 0.6 is 23.2 Å². The Labute approximate surface area is 175 Å². The highest BCUT2D eigenvalue weighted by molar-refractivity contribution is 7.89. The normalized spacial score (nSPS) is 17.4. The molecule has 0 radical (unpaired) electrons. The van der Waals surface area contributed by atoms with E-state index in [0.29, 0.717) is 36.0 Å². The lowest BCUT2D eigenvalue weighted by molar-refractivity contribution is -0.126. The zero-order chi connectivity index (χ0) is 20.5. The van der Waals surface area contributed by atoms with E-state index < -0.39 is 10.0 Å². The van der Waals surface area contributed by atoms with E-state index in [1.54, 1.807) is 48.3 Å². The number of rotatable bonds is 5. The Kier molecular flexibility index (Phi) is 6.39. The first kappa shape index (κ1) is 21.2. The summed E-state index contributed by atoms with van der Waals surface area (Å²) >= 11 is 12.1. The molecule has 0 saturated carbocycles. The molecule has 0 bridgehead atoms. The molecule has 2 heterocycles. The molecule has 0 spiro atoms. The molecule has 1 fully saturated rings. The van der Waals surface area contributed by atoms with Gasteiger partial charge in [-0.2, -0.15) is 4.31 Å². The molecular weight excluding hydrogens is 421 g/mol. The van der Waals surface area contributed by atoms with E-state index in [9.17, 15) is 13.2 Å². The van der Waals surface area contributed by atoms with Crippen LogP contribution in [0.25, 0.3) is 0 Å². The molecule has 28 heavy (non-hydrogen) atoms. The Balaban J connectivity index is 1.59. The molecule has 1 aromatic heterocycles. The lowest BCUT2D eigenvalue weighted by Gasteiger charge is -2.31. The van der Waals surface area contributed by atoms with E-state index in [1.165, 1.54) is 4.31 Å². The van der Waals surface area contributed by atoms with Gasteiger partial charge in [0, 0.05) is 48.5 Å². The first-order chi connectivity index (χ1) is 13.2. The Morgan fingerprint density at radius 1 is 1.21 bits per heavy atom. The SMILES string of the molecule is CC(NC(=O)C1CCN(S(=O)(=O)c2ccn(C)c2)CC1)c1ccc(Cl)cc1Cl. The lowest BCUT2D eigenvalue weighted by Crippen LogP contribution is -2.43. The summed E-state index contributed by atoms with van der Waals surface area (Å²) in [5.74, 6) is -0.314. The number of piperidine rings is 1. The monoisotopic (exact) mass is 443 g/mol. The number of halogens is 2. The van der Waals surface area contributed by atoms with Crippen LogP contribution in [-0.4, -0.2) is 36.3 Å². The number of benzene rings is 1. The summed E-state index contributed by atoms with van der Waals surface area (Å²) < 4.78 is 28.5. The van der Waals surface area contributed by atoms with Crippen LogP contribution in [0.4, 0.5) is 0 Å². The van der Waals surface area contributed by atoms with Crippen molar-refractivity contribution in [1.82, 2.24) is 14.2 Å². The van der Waals surface area contributed by atoms with Gasteiger partial charge in [-0.25, -0.2) is 8.42 Å². The maximum atomic E-state index is 12.7. The van der Waals surface area contributed by atoms with Gasteiger partial charge in [-0.3, -0.25) is 4.79 Å². The molecule has 1 N–H and O–H groups in total. The number of nitrogens with zero attached hydrogens (tertiary/aromatic N) is 2. The highest BCUT2D eigenvalue weighted by atomic mass is 35.5. The van der Waals surface area contributed by atoms with E-state index in [4.69, 9.17) is 23.2 Å². The molecular formula is C19H23Cl2N3O3S. The molecule has 2 aromatic rings. The van der Waals surface area contributed by atoms with Crippen molar-refractivity contribution >= 4 is 39.1 Å². The molecule has 152 valence electrons. The van der Waals surface area contributed by atoms with Crippen LogP contribution in [0.1, 0.15) is 31.4 Å². The summed E-state index contributed by atoms with van der Waals surface area (Å²) in [6, 6.07) is 6.51. The van der Waals surface area contributed by atoms with Gasteiger partial charge in [0.15, 0.2) is 0 Å². The summed E-state index contributed by atoms with van der Waals surface area (Å²) in [7, 11) is -1.73. The van der Waals surface area contributed by atoms with Gasteiger partial charge in [0.05, 0.1) is 10.9 Å². The zero-order valence-electron chi connectivity index (χ0n) is 15.7. The van der Waals surface area contributed by atoms with Gasteiger partial charge < -0.3 is 9.88 Å². The molecule has 1 atom stereocenters. The average molecular weight is 444 g/mol. The van der Waals surface area contributed by atoms with E-state index in [1.807, 2.05) is 6.92 Å². The predicted molar refractivity (Wildman–Crippen MR) is 110 cm³/mol. The van der Waals surface area contributed by atoms with Crippen molar-refractivity contribution < 1.29 is 13.2 Å². The Morgan fingerprint density at radius 2 is 1.89 bits per heavy atom. The lowest BCUT2D eigenvalue weighted by atomic mass is 9.96. The van der Waals surface area contributed by atoms with Gasteiger partial charge in [0.25, 0.3) is 0 Å². The van der Waals surface area contributed by atoms with Crippen LogP contribution in [0.5, 0.6) is 0 Å². The average Bonchev–Trinajstić information content (AvgIpc) is 3.09. The van der Waals surface area contributed by atoms with E-state index in [0.717, 1.165) is 5.56 Å². The summed E-state index contributed by atoms with van der Waals surface area (Å²) in [5, 5.41) is 4.02. The Hall–Kier alpha value is -1.54. The van der Waals surface area contributed by atoms with Crippen molar-refractivity contribution in [3.8, 4) is 0 Å². The van der Waals surface area contributed by atoms with Crippen molar-refractivity contribution in [3.63, 3.8) is 0 Å². The molecule has 1 unspecified atom stereocenters. The fourth-order valence-corrected chi connectivity index (χ4v) is 5.49. The smallest absolute Gasteiger partial charge is 0.244 e. The Bertz CT molecular complexity index is 967. The second kappa shape index (κ2) is 8.45. The number of sulfonamides is 1. The third-order valence-corrected chi connectivity index (χ3v) is 7.50. The molecule has 9 heteroatoms. The summed E-state index contributed by atoms with van der Waals surface area (Å²) in [6.07, 6.45) is 4.26. The molecule has 0 aliphatic carbocycles. The number of nitrogens with one attached hydrogen (secondary N) is 1. The topological polar surface area (TPSA) is 71.4 Å². The van der Waals surface area contributed by atoms with Crippen molar-refractivity contribution in [1.29, 1.82) is 0 Å². The summed E-state index contributed by atoms with van der Waals surface area (Å²) in [5.41, 5.74) is 0.795. The van der Waals surface area contributed by atoms with Crippen LogP contribution in [0.2, 0.25) is 10.0 Å². The quantitative estimate of drug-likeness (QED) is 0.766. The minimum atomic E-state index is -3.52. The van der Waals surface area contributed by atoms with Crippen molar-refractivity contribution in [2.24, 2.45) is 13.0 Å². The number of carbonyl (C=O) groups excluding carboxylic acids is 1. The van der Waals surface area contributed by atoms with Gasteiger partial charge in [-0.15, -0.1) is 0 Å². The first-order valence-corrected chi connectivity index (χ1v) is 11.3. The number of amides is 1. The molecule has 1 aromatic carbocycles. The molecule has 1 saturated heterocycles. The summed E-state index contributed by atoms with van der Waals surface area (Å²) in [6.45, 7) is 2.51. The van der Waals surface area contributed by atoms with Gasteiger partial charge in [0.2, 0.25) is 15.9 Å². The number of aromatic nitrogens is 1. The Morgan fingerprint density at radius 3 is 2.46 bits per heavy atom. The zero-order valence-corrected chi connectivity index (χ0v) is 18.1. The van der Waals surface area contributed by atoms with Crippen LogP contribution in [0, 0.1) is 5.92 Å². The summed E-state index contributed by atoms with van der Waals surface area (Å²) in [4.78, 5) is 12.9. The van der Waals surface area contributed by atoms with Gasteiger partial charge in [0.1, 0.15) is 0 Å². The minimum Gasteiger partial charge on any atom is -0.356 e. The molecule has 6 nitrogen and oxygen atoms in total.